The molecular formula is C16H16N2O2. The molecule has 0 aliphatic heterocycles. The molecule has 1 aromatic carbocycles. The zero-order valence-corrected chi connectivity index (χ0v) is 11.6. The average molecular weight is 268 g/mol. The molecule has 4 heteroatoms. The van der Waals surface area contributed by atoms with Crippen LogP contribution in [0, 0.1) is 13.8 Å². The Hall–Kier alpha value is -2.23. The van der Waals surface area contributed by atoms with Crippen molar-refractivity contribution in [2.75, 3.05) is 0 Å². The lowest BCUT2D eigenvalue weighted by Crippen LogP contribution is -2.07. The molecule has 2 aromatic rings. The quantitative estimate of drug-likeness (QED) is 0.800. The molecule has 0 atom stereocenters. The van der Waals surface area contributed by atoms with Crippen molar-refractivity contribution in [3.05, 3.63) is 52.8 Å². The van der Waals surface area contributed by atoms with Gasteiger partial charge in [-0.15, -0.1) is 0 Å². The summed E-state index contributed by atoms with van der Waals surface area (Å²) in [5, 5.41) is 7.96. The Morgan fingerprint density at radius 3 is 2.75 bits per heavy atom. The van der Waals surface area contributed by atoms with Crippen LogP contribution in [0.15, 0.2) is 30.3 Å². The number of carbonyl (C=O) groups excluding carboxylic acids is 1. The molecule has 3 rings (SSSR count). The summed E-state index contributed by atoms with van der Waals surface area (Å²) in [5.41, 5.74) is 2.61. The Morgan fingerprint density at radius 1 is 1.20 bits per heavy atom. The van der Waals surface area contributed by atoms with Crippen LogP contribution in [0.2, 0.25) is 0 Å². The molecule has 0 unspecified atom stereocenters. The van der Waals surface area contributed by atoms with E-state index in [4.69, 9.17) is 4.74 Å². The molecule has 1 aromatic heterocycles. The van der Waals surface area contributed by atoms with Crippen LogP contribution in [0.4, 0.5) is 0 Å². The van der Waals surface area contributed by atoms with Crippen LogP contribution in [0.25, 0.3) is 0 Å². The summed E-state index contributed by atoms with van der Waals surface area (Å²) in [6.45, 7) is 3.63. The summed E-state index contributed by atoms with van der Waals surface area (Å²) in [4.78, 5) is 12.5. The van der Waals surface area contributed by atoms with Crippen molar-refractivity contribution >= 4 is 5.78 Å². The third kappa shape index (κ3) is 2.69. The van der Waals surface area contributed by atoms with E-state index in [1.165, 1.54) is 0 Å². The lowest BCUT2D eigenvalue weighted by Gasteiger charge is -2.08. The Kier molecular flexibility index (Phi) is 3.22. The Morgan fingerprint density at radius 2 is 2.00 bits per heavy atom. The molecule has 1 heterocycles. The molecule has 1 aliphatic carbocycles. The molecule has 0 bridgehead atoms. The molecule has 20 heavy (non-hydrogen) atoms. The molecule has 1 aliphatic rings. The second-order valence-corrected chi connectivity index (χ2v) is 5.16. The number of ketones is 1. The van der Waals surface area contributed by atoms with Gasteiger partial charge in [-0.25, -0.2) is 0 Å². The number of ether oxygens (including phenoxy) is 1. The molecular weight excluding hydrogens is 252 g/mol. The van der Waals surface area contributed by atoms with E-state index in [9.17, 15) is 4.79 Å². The minimum Gasteiger partial charge on any atom is -0.490 e. The van der Waals surface area contributed by atoms with Crippen LogP contribution in [0.5, 0.6) is 5.75 Å². The second kappa shape index (κ2) is 5.04. The number of nitrogens with zero attached hydrogens (tertiary/aromatic N) is 2. The van der Waals surface area contributed by atoms with Gasteiger partial charge in [-0.2, -0.15) is 10.2 Å². The van der Waals surface area contributed by atoms with Crippen molar-refractivity contribution in [1.82, 2.24) is 10.2 Å². The van der Waals surface area contributed by atoms with Crippen molar-refractivity contribution < 1.29 is 9.53 Å². The zero-order chi connectivity index (χ0) is 14.1. The molecule has 0 spiro atoms. The van der Waals surface area contributed by atoms with E-state index in [0.717, 1.165) is 24.3 Å². The van der Waals surface area contributed by atoms with E-state index in [1.54, 1.807) is 25.1 Å². The fourth-order valence-electron chi connectivity index (χ4n) is 2.02. The highest BCUT2D eigenvalue weighted by molar-refractivity contribution is 6.09. The number of aryl methyl sites for hydroxylation is 2. The Labute approximate surface area is 117 Å². The number of benzene rings is 1. The van der Waals surface area contributed by atoms with Crippen LogP contribution in [-0.2, 0) is 0 Å². The largest absolute Gasteiger partial charge is 0.490 e. The summed E-state index contributed by atoms with van der Waals surface area (Å²) >= 11 is 0. The van der Waals surface area contributed by atoms with Gasteiger partial charge in [0.1, 0.15) is 5.75 Å². The third-order valence-corrected chi connectivity index (χ3v) is 3.27. The summed E-state index contributed by atoms with van der Waals surface area (Å²) in [6, 6.07) is 9.12. The monoisotopic (exact) mass is 268 g/mol. The topological polar surface area (TPSA) is 52.1 Å². The lowest BCUT2D eigenvalue weighted by atomic mass is 10.0. The van der Waals surface area contributed by atoms with Crippen molar-refractivity contribution in [1.29, 1.82) is 0 Å². The maximum absolute atomic E-state index is 12.5. The van der Waals surface area contributed by atoms with E-state index in [0.29, 0.717) is 22.9 Å². The highest BCUT2D eigenvalue weighted by Crippen LogP contribution is 2.27. The fraction of sp³-hybridized carbons (Fsp3) is 0.312. The average Bonchev–Trinajstić information content (AvgIpc) is 3.25. The van der Waals surface area contributed by atoms with Gasteiger partial charge in [0, 0.05) is 11.1 Å². The van der Waals surface area contributed by atoms with Gasteiger partial charge in [0.25, 0.3) is 0 Å². The molecule has 1 fully saturated rings. The maximum Gasteiger partial charge on any atom is 0.195 e. The van der Waals surface area contributed by atoms with Crippen LogP contribution < -0.4 is 4.74 Å². The van der Waals surface area contributed by atoms with Crippen LogP contribution in [0.1, 0.15) is 40.2 Å². The number of hydrogen-bond acceptors (Lipinski definition) is 4. The van der Waals surface area contributed by atoms with Crippen molar-refractivity contribution in [3.63, 3.8) is 0 Å². The summed E-state index contributed by atoms with van der Waals surface area (Å²) in [5.74, 6) is 0.719. The first-order valence-electron chi connectivity index (χ1n) is 6.76. The van der Waals surface area contributed by atoms with E-state index in [-0.39, 0.29) is 5.78 Å². The van der Waals surface area contributed by atoms with Gasteiger partial charge in [-0.1, -0.05) is 12.1 Å². The Balaban J connectivity index is 1.91. The third-order valence-electron chi connectivity index (χ3n) is 3.27. The standard InChI is InChI=1S/C16H16N2O2/c1-10-8-15(11(2)18-17-10)16(19)12-4-3-5-14(9-12)20-13-6-7-13/h3-5,8-9,13H,6-7H2,1-2H3. The van der Waals surface area contributed by atoms with Crippen LogP contribution >= 0.6 is 0 Å². The SMILES string of the molecule is Cc1cc(C(=O)c2cccc(OC3CC3)c2)c(C)nn1. The number of aromatic nitrogens is 2. The van der Waals surface area contributed by atoms with Gasteiger partial charge in [-0.3, -0.25) is 4.79 Å². The van der Waals surface area contributed by atoms with Gasteiger partial charge < -0.3 is 4.74 Å². The molecule has 1 saturated carbocycles. The van der Waals surface area contributed by atoms with Gasteiger partial charge >= 0.3 is 0 Å². The minimum atomic E-state index is -0.0400. The minimum absolute atomic E-state index is 0.0400. The number of hydrogen-bond donors (Lipinski definition) is 0. The highest BCUT2D eigenvalue weighted by Gasteiger charge is 2.24. The fourth-order valence-corrected chi connectivity index (χ4v) is 2.02. The van der Waals surface area contributed by atoms with E-state index in [2.05, 4.69) is 10.2 Å². The lowest BCUT2D eigenvalue weighted by molar-refractivity contribution is 0.103. The van der Waals surface area contributed by atoms with E-state index in [1.807, 2.05) is 19.1 Å². The molecule has 102 valence electrons. The van der Waals surface area contributed by atoms with Crippen molar-refractivity contribution in [2.24, 2.45) is 0 Å². The smallest absolute Gasteiger partial charge is 0.195 e. The van der Waals surface area contributed by atoms with Crippen molar-refractivity contribution in [3.8, 4) is 5.75 Å². The molecule has 0 amide bonds. The van der Waals surface area contributed by atoms with Gasteiger partial charge in [0.2, 0.25) is 0 Å². The summed E-state index contributed by atoms with van der Waals surface area (Å²) < 4.78 is 5.73. The first-order valence-corrected chi connectivity index (χ1v) is 6.76. The first kappa shape index (κ1) is 12.8. The molecule has 0 N–H and O–H groups in total. The Bertz CT molecular complexity index is 663. The van der Waals surface area contributed by atoms with Crippen molar-refractivity contribution in [2.45, 2.75) is 32.8 Å². The number of carbonyl (C=O) groups is 1. The maximum atomic E-state index is 12.5. The van der Waals surface area contributed by atoms with E-state index >= 15 is 0 Å². The second-order valence-electron chi connectivity index (χ2n) is 5.16. The number of rotatable bonds is 4. The van der Waals surface area contributed by atoms with Gasteiger partial charge in [0.15, 0.2) is 5.78 Å². The zero-order valence-electron chi connectivity index (χ0n) is 11.6. The predicted octanol–water partition coefficient (Wildman–Crippen LogP) is 2.87. The van der Waals surface area contributed by atoms with Gasteiger partial charge in [-0.05, 0) is 44.9 Å². The summed E-state index contributed by atoms with van der Waals surface area (Å²) in [7, 11) is 0. The van der Waals surface area contributed by atoms with Crippen LogP contribution in [0.3, 0.4) is 0 Å². The molecule has 4 nitrogen and oxygen atoms in total. The first-order chi connectivity index (χ1) is 9.63. The normalized spacial score (nSPS) is 14.1. The van der Waals surface area contributed by atoms with Gasteiger partial charge in [0.05, 0.1) is 17.5 Å². The molecule has 0 radical (unpaired) electrons. The van der Waals surface area contributed by atoms with Crippen LogP contribution in [-0.4, -0.2) is 22.1 Å². The van der Waals surface area contributed by atoms with E-state index < -0.39 is 0 Å². The predicted molar refractivity (Wildman–Crippen MR) is 75.0 cm³/mol. The summed E-state index contributed by atoms with van der Waals surface area (Å²) in [6.07, 6.45) is 2.53. The molecule has 0 saturated heterocycles. The highest BCUT2D eigenvalue weighted by atomic mass is 16.5.